The second-order valence-electron chi connectivity index (χ2n) is 1.94. The topological polar surface area (TPSA) is 114 Å². The number of quaternary nitrogens is 1. The fourth-order valence-corrected chi connectivity index (χ4v) is 0.534. The van der Waals surface area contributed by atoms with Gasteiger partial charge in [-0.1, -0.05) is 12.1 Å². The normalized spacial score (nSPS) is 9.75. The van der Waals surface area contributed by atoms with Crippen LogP contribution in [0.5, 0.6) is 0 Å². The Kier molecular flexibility index (Phi) is 5.16. The summed E-state index contributed by atoms with van der Waals surface area (Å²) in [5.41, 5.74) is 10.8. The summed E-state index contributed by atoms with van der Waals surface area (Å²) in [6.07, 6.45) is 0. The summed E-state index contributed by atoms with van der Waals surface area (Å²) >= 11 is 0. The van der Waals surface area contributed by atoms with Crippen molar-refractivity contribution >= 4 is 19.6 Å². The second kappa shape index (κ2) is 5.62. The molecular weight excluding hydrogens is 179 g/mol. The lowest BCUT2D eigenvalue weighted by Crippen LogP contribution is -2.40. The van der Waals surface area contributed by atoms with Crippen LogP contribution in [0.15, 0.2) is 24.3 Å². The highest BCUT2D eigenvalue weighted by atomic mass is 31.1. The minimum atomic E-state index is -3.12. The van der Waals surface area contributed by atoms with Crippen molar-refractivity contribution in [3.63, 3.8) is 0 Å². The summed E-state index contributed by atoms with van der Waals surface area (Å²) in [4.78, 5) is 15.6. The maximum absolute atomic E-state index is 8.59. The molecule has 6 heteroatoms. The maximum Gasteiger partial charge on any atom is 0.485 e. The van der Waals surface area contributed by atoms with Gasteiger partial charge in [0.05, 0.1) is 5.69 Å². The SMILES string of the molecule is Nc1ccccc1[NH3+].O=[P+]([O-])O. The van der Waals surface area contributed by atoms with E-state index in [1.807, 2.05) is 24.3 Å². The van der Waals surface area contributed by atoms with Crippen LogP contribution in [-0.2, 0) is 4.57 Å². The zero-order chi connectivity index (χ0) is 9.56. The summed E-state index contributed by atoms with van der Waals surface area (Å²) in [5, 5.41) is 0. The Labute approximate surface area is 70.6 Å². The van der Waals surface area contributed by atoms with E-state index in [-0.39, 0.29) is 0 Å². The second-order valence-corrected chi connectivity index (χ2v) is 2.41. The van der Waals surface area contributed by atoms with Crippen LogP contribution in [0.2, 0.25) is 0 Å². The zero-order valence-corrected chi connectivity index (χ0v) is 7.20. The fraction of sp³-hybridized carbons (Fsp3) is 0. The van der Waals surface area contributed by atoms with E-state index in [0.717, 1.165) is 11.4 Å². The molecule has 0 aromatic heterocycles. The molecule has 0 saturated heterocycles. The highest BCUT2D eigenvalue weighted by molar-refractivity contribution is 7.29. The lowest BCUT2D eigenvalue weighted by atomic mass is 10.3. The number of nitrogen functional groups attached to an aromatic ring is 1. The number of nitrogens with two attached hydrogens (primary N) is 1. The molecule has 5 nitrogen and oxygen atoms in total. The highest BCUT2D eigenvalue weighted by Gasteiger charge is 1.89. The fourth-order valence-electron chi connectivity index (χ4n) is 0.534. The minimum Gasteiger partial charge on any atom is -0.567 e. The van der Waals surface area contributed by atoms with Gasteiger partial charge in [0.15, 0.2) is 5.69 Å². The summed E-state index contributed by atoms with van der Waals surface area (Å²) in [6, 6.07) is 7.53. The molecule has 0 saturated carbocycles. The van der Waals surface area contributed by atoms with E-state index in [4.69, 9.17) is 20.1 Å². The van der Waals surface area contributed by atoms with Crippen molar-refractivity contribution in [2.24, 2.45) is 0 Å². The number of para-hydroxylation sites is 1. The van der Waals surface area contributed by atoms with E-state index in [2.05, 4.69) is 5.73 Å². The van der Waals surface area contributed by atoms with Gasteiger partial charge in [0.2, 0.25) is 0 Å². The molecule has 0 radical (unpaired) electrons. The molecule has 0 amide bonds. The number of rotatable bonds is 0. The molecule has 0 aliphatic carbocycles. The Balaban J connectivity index is 0.000000261. The van der Waals surface area contributed by atoms with Crippen molar-refractivity contribution in [1.82, 2.24) is 0 Å². The molecule has 1 aromatic rings. The van der Waals surface area contributed by atoms with E-state index in [1.165, 1.54) is 0 Å². The van der Waals surface area contributed by atoms with Gasteiger partial charge < -0.3 is 16.4 Å². The Morgan fingerprint density at radius 1 is 1.50 bits per heavy atom. The van der Waals surface area contributed by atoms with Crippen molar-refractivity contribution in [1.29, 1.82) is 0 Å². The molecule has 0 bridgehead atoms. The number of benzene rings is 1. The zero-order valence-electron chi connectivity index (χ0n) is 6.30. The van der Waals surface area contributed by atoms with Crippen LogP contribution in [-0.4, -0.2) is 4.89 Å². The predicted molar refractivity (Wildman–Crippen MR) is 43.2 cm³/mol. The highest BCUT2D eigenvalue weighted by Crippen LogP contribution is 2.08. The molecular formula is C6H10N2O3P+. The van der Waals surface area contributed by atoms with Crippen molar-refractivity contribution in [3.05, 3.63) is 24.3 Å². The first kappa shape index (κ1) is 11.0. The summed E-state index contributed by atoms with van der Waals surface area (Å²) in [6.45, 7) is 0. The lowest BCUT2D eigenvalue weighted by molar-refractivity contribution is -0.253. The predicted octanol–water partition coefficient (Wildman–Crippen LogP) is -0.861. The van der Waals surface area contributed by atoms with Crippen LogP contribution in [0.25, 0.3) is 0 Å². The summed E-state index contributed by atoms with van der Waals surface area (Å²) < 4.78 is 8.59. The quantitative estimate of drug-likeness (QED) is 0.363. The molecule has 0 aliphatic rings. The van der Waals surface area contributed by atoms with Crippen LogP contribution in [0, 0.1) is 0 Å². The van der Waals surface area contributed by atoms with Crippen molar-refractivity contribution < 1.29 is 20.1 Å². The molecule has 1 unspecified atom stereocenters. The summed E-state index contributed by atoms with van der Waals surface area (Å²) in [7, 11) is -3.12. The smallest absolute Gasteiger partial charge is 0.485 e. The standard InChI is InChI=1S/C6H8N2.HO3P/c7-5-3-1-2-4-6(5)8;1-4(2)3/h1-4H,7-8H2;(H,1,2,3)/p+1. The van der Waals surface area contributed by atoms with Gasteiger partial charge in [-0.3, -0.25) is 0 Å². The average molecular weight is 189 g/mol. The van der Waals surface area contributed by atoms with Gasteiger partial charge in [0.1, 0.15) is 0 Å². The third-order valence-electron chi connectivity index (χ3n) is 1.06. The number of hydrogen-bond donors (Lipinski definition) is 3. The minimum absolute atomic E-state index is 0.757. The van der Waals surface area contributed by atoms with Crippen molar-refractivity contribution in [2.75, 3.05) is 5.73 Å². The molecule has 0 aliphatic heterocycles. The Hall–Kier alpha value is -1.00. The molecule has 1 atom stereocenters. The molecule has 66 valence electrons. The van der Waals surface area contributed by atoms with Crippen molar-refractivity contribution in [3.8, 4) is 0 Å². The number of hydrogen-bond acceptors (Lipinski definition) is 3. The first-order valence-electron chi connectivity index (χ1n) is 3.03. The van der Waals surface area contributed by atoms with Crippen LogP contribution >= 0.6 is 8.25 Å². The molecule has 12 heavy (non-hydrogen) atoms. The van der Waals surface area contributed by atoms with Gasteiger partial charge in [0, 0.05) is 6.07 Å². The average Bonchev–Trinajstić information content (AvgIpc) is 1.94. The monoisotopic (exact) mass is 189 g/mol. The van der Waals surface area contributed by atoms with Gasteiger partial charge in [-0.25, -0.2) is 0 Å². The number of anilines is 1. The third kappa shape index (κ3) is 5.76. The van der Waals surface area contributed by atoms with Gasteiger partial charge in [-0.15, -0.1) is 0 Å². The molecule has 1 rings (SSSR count). The first-order valence-corrected chi connectivity index (χ1v) is 4.17. The van der Waals surface area contributed by atoms with Gasteiger partial charge in [-0.05, 0) is 10.6 Å². The molecule has 0 fully saturated rings. The lowest BCUT2D eigenvalue weighted by Gasteiger charge is -1.89. The van der Waals surface area contributed by atoms with Crippen LogP contribution in [0.1, 0.15) is 0 Å². The molecule has 1 aromatic carbocycles. The van der Waals surface area contributed by atoms with E-state index in [0.29, 0.717) is 0 Å². The third-order valence-corrected chi connectivity index (χ3v) is 1.06. The molecule has 6 N–H and O–H groups in total. The van der Waals surface area contributed by atoms with Crippen LogP contribution in [0.4, 0.5) is 11.4 Å². The Morgan fingerprint density at radius 2 is 1.92 bits per heavy atom. The van der Waals surface area contributed by atoms with E-state index in [1.54, 1.807) is 0 Å². The largest absolute Gasteiger partial charge is 0.567 e. The van der Waals surface area contributed by atoms with Gasteiger partial charge in [0.25, 0.3) is 0 Å². The van der Waals surface area contributed by atoms with E-state index < -0.39 is 8.25 Å². The van der Waals surface area contributed by atoms with E-state index in [9.17, 15) is 0 Å². The van der Waals surface area contributed by atoms with E-state index >= 15 is 0 Å². The summed E-state index contributed by atoms with van der Waals surface area (Å²) in [5.74, 6) is 0. The van der Waals surface area contributed by atoms with Gasteiger partial charge >= 0.3 is 8.25 Å². The van der Waals surface area contributed by atoms with Gasteiger partial charge in [-0.2, -0.15) is 4.89 Å². The molecule has 0 heterocycles. The van der Waals surface area contributed by atoms with Crippen LogP contribution in [0.3, 0.4) is 0 Å². The first-order chi connectivity index (χ1) is 5.54. The van der Waals surface area contributed by atoms with Crippen molar-refractivity contribution in [2.45, 2.75) is 0 Å². The Morgan fingerprint density at radius 3 is 2.17 bits per heavy atom. The maximum atomic E-state index is 8.59. The molecule has 0 spiro atoms. The van der Waals surface area contributed by atoms with Crippen LogP contribution < -0.4 is 16.4 Å². The Bertz CT molecular complexity index is 242.